The van der Waals surface area contributed by atoms with Crippen molar-refractivity contribution in [3.63, 3.8) is 0 Å². The van der Waals surface area contributed by atoms with Crippen LogP contribution in [-0.2, 0) is 19.6 Å². The second-order valence-corrected chi connectivity index (χ2v) is 10.6. The second kappa shape index (κ2) is 13.1. The zero-order valence-corrected chi connectivity index (χ0v) is 21.7. The van der Waals surface area contributed by atoms with Gasteiger partial charge in [-0.15, -0.1) is 0 Å². The Balaban J connectivity index is 1.54. The quantitative estimate of drug-likeness (QED) is 0.0920. The lowest BCUT2D eigenvalue weighted by Crippen LogP contribution is -2.55. The van der Waals surface area contributed by atoms with Crippen molar-refractivity contribution in [2.75, 3.05) is 19.6 Å². The first-order valence-electron chi connectivity index (χ1n) is 12.0. The smallest absolute Gasteiger partial charge is 0.251 e. The maximum atomic E-state index is 13.0. The number of carbonyl (C=O) groups excluding carboxylic acids is 3. The lowest BCUT2D eigenvalue weighted by Gasteiger charge is -2.27. The van der Waals surface area contributed by atoms with E-state index in [0.29, 0.717) is 12.1 Å². The fourth-order valence-corrected chi connectivity index (χ4v) is 5.62. The molecule has 3 rings (SSSR count). The molecule has 15 heteroatoms. The van der Waals surface area contributed by atoms with Crippen LogP contribution in [0.3, 0.4) is 0 Å². The topological polar surface area (TPSA) is 230 Å². The van der Waals surface area contributed by atoms with Crippen LogP contribution in [0.5, 0.6) is 0 Å². The van der Waals surface area contributed by atoms with Gasteiger partial charge in [-0.1, -0.05) is 24.3 Å². The lowest BCUT2D eigenvalue weighted by atomic mass is 10.2. The van der Waals surface area contributed by atoms with E-state index >= 15 is 0 Å². The van der Waals surface area contributed by atoms with E-state index in [1.165, 1.54) is 24.3 Å². The van der Waals surface area contributed by atoms with Crippen LogP contribution < -0.4 is 27.4 Å². The third-order valence-corrected chi connectivity index (χ3v) is 7.76. The Morgan fingerprint density at radius 3 is 2.44 bits per heavy atom. The number of rotatable bonds is 11. The van der Waals surface area contributed by atoms with E-state index in [2.05, 4.69) is 20.9 Å². The summed E-state index contributed by atoms with van der Waals surface area (Å²) in [6, 6.07) is 11.3. The van der Waals surface area contributed by atoms with Crippen molar-refractivity contribution >= 4 is 39.4 Å². The minimum atomic E-state index is -3.94. The Hall–Kier alpha value is -4.05. The Kier molecular flexibility index (Phi) is 9.95. The van der Waals surface area contributed by atoms with Gasteiger partial charge >= 0.3 is 0 Å². The molecule has 0 aromatic heterocycles. The van der Waals surface area contributed by atoms with E-state index in [1.54, 1.807) is 30.3 Å². The van der Waals surface area contributed by atoms with Gasteiger partial charge in [-0.2, -0.15) is 4.31 Å². The van der Waals surface area contributed by atoms with E-state index in [9.17, 15) is 33.0 Å². The number of aliphatic hydroxyl groups is 2. The summed E-state index contributed by atoms with van der Waals surface area (Å²) in [6.45, 7) is -0.706. The molecule has 9 N–H and O–H groups in total. The number of amides is 3. The number of sulfonamides is 1. The molecular weight excluding hydrogens is 530 g/mol. The van der Waals surface area contributed by atoms with Crippen LogP contribution >= 0.6 is 0 Å². The number of nitrogens with one attached hydrogen (secondary N) is 3. The Bertz CT molecular complexity index is 1320. The van der Waals surface area contributed by atoms with Crippen molar-refractivity contribution in [2.24, 2.45) is 16.5 Å². The predicted molar refractivity (Wildman–Crippen MR) is 141 cm³/mol. The first kappa shape index (κ1) is 29.5. The van der Waals surface area contributed by atoms with Crippen molar-refractivity contribution in [1.29, 1.82) is 0 Å². The highest BCUT2D eigenvalue weighted by Crippen LogP contribution is 2.26. The van der Waals surface area contributed by atoms with Gasteiger partial charge in [-0.05, 0) is 43.2 Å². The number of aliphatic hydroxyl groups excluding tert-OH is 1. The van der Waals surface area contributed by atoms with Gasteiger partial charge in [0.15, 0.2) is 12.2 Å². The number of nitrogens with zero attached hydrogens (tertiary/aromatic N) is 2. The highest BCUT2D eigenvalue weighted by molar-refractivity contribution is 7.89. The average molecular weight is 562 g/mol. The van der Waals surface area contributed by atoms with E-state index in [-0.39, 0.29) is 29.4 Å². The minimum absolute atomic E-state index is 0.0423. The van der Waals surface area contributed by atoms with Gasteiger partial charge in [-0.3, -0.25) is 14.4 Å². The molecule has 1 aliphatic heterocycles. The summed E-state index contributed by atoms with van der Waals surface area (Å²) >= 11 is 0. The zero-order chi connectivity index (χ0) is 28.6. The van der Waals surface area contributed by atoms with Gasteiger partial charge in [-0.25, -0.2) is 13.4 Å². The molecule has 0 unspecified atom stereocenters. The summed E-state index contributed by atoms with van der Waals surface area (Å²) in [7, 11) is -3.94. The van der Waals surface area contributed by atoms with Crippen LogP contribution in [0.4, 0.5) is 5.69 Å². The number of hydrogen-bond donors (Lipinski definition) is 7. The Labute approximate surface area is 225 Å². The molecule has 0 saturated carbocycles. The summed E-state index contributed by atoms with van der Waals surface area (Å²) in [4.78, 5) is 41.4. The number of benzene rings is 2. The number of guanidine groups is 1. The molecule has 1 heterocycles. The molecule has 0 aliphatic carbocycles. The van der Waals surface area contributed by atoms with Crippen LogP contribution in [0.1, 0.15) is 23.2 Å². The molecule has 1 aliphatic rings. The molecule has 3 amide bonds. The third kappa shape index (κ3) is 7.97. The fourth-order valence-electron chi connectivity index (χ4n) is 3.94. The molecule has 2 aromatic carbocycles. The van der Waals surface area contributed by atoms with Crippen LogP contribution in [-0.4, -0.2) is 84.6 Å². The Morgan fingerprint density at radius 2 is 1.77 bits per heavy atom. The van der Waals surface area contributed by atoms with Gasteiger partial charge < -0.3 is 37.6 Å². The molecule has 1 fully saturated rings. The number of nitrogens with two attached hydrogens (primary N) is 2. The Morgan fingerprint density at radius 1 is 1.05 bits per heavy atom. The zero-order valence-electron chi connectivity index (χ0n) is 20.9. The molecule has 2 aromatic rings. The van der Waals surface area contributed by atoms with Crippen molar-refractivity contribution in [3.8, 4) is 0 Å². The van der Waals surface area contributed by atoms with Gasteiger partial charge in [0.2, 0.25) is 21.8 Å². The summed E-state index contributed by atoms with van der Waals surface area (Å²) < 4.78 is 27.1. The summed E-state index contributed by atoms with van der Waals surface area (Å²) in [5.41, 5.74) is 11.2. The molecule has 2 atom stereocenters. The SMILES string of the molecule is NC(N)=Nc1cccc(C(=O)NCC(=O)NC[C@H](NC(=O)[C@@H]2CCCN2S(=O)(=O)c2ccccc2)C(O)O)c1. The molecule has 0 radical (unpaired) electrons. The van der Waals surface area contributed by atoms with Crippen molar-refractivity contribution in [2.45, 2.75) is 36.1 Å². The second-order valence-electron chi connectivity index (χ2n) is 8.69. The van der Waals surface area contributed by atoms with Crippen molar-refractivity contribution in [3.05, 3.63) is 60.2 Å². The standard InChI is InChI=1S/C24H31N7O7S/c25-24(26)29-16-7-4-6-15(12-16)21(33)28-14-20(32)27-13-18(23(35)36)30-22(34)19-10-5-11-31(19)39(37,38)17-8-2-1-3-9-17/h1-4,6-9,12,18-19,23,35-36H,5,10-11,13-14H2,(H,27,32)(H,28,33)(H,30,34)(H4,25,26,29)/t18-,19-/m0/s1. The van der Waals surface area contributed by atoms with Crippen molar-refractivity contribution < 1.29 is 33.0 Å². The highest BCUT2D eigenvalue weighted by Gasteiger charge is 2.40. The molecule has 1 saturated heterocycles. The summed E-state index contributed by atoms with van der Waals surface area (Å²) in [5, 5.41) is 26.7. The van der Waals surface area contributed by atoms with E-state index in [1.807, 2.05) is 0 Å². The summed E-state index contributed by atoms with van der Waals surface area (Å²) in [5.74, 6) is -2.16. The monoisotopic (exact) mass is 561 g/mol. The number of carbonyl (C=O) groups is 3. The van der Waals surface area contributed by atoms with E-state index in [0.717, 1.165) is 4.31 Å². The van der Waals surface area contributed by atoms with Gasteiger partial charge in [0, 0.05) is 18.7 Å². The maximum Gasteiger partial charge on any atom is 0.251 e. The molecule has 0 spiro atoms. The van der Waals surface area contributed by atoms with Gasteiger partial charge in [0.1, 0.15) is 6.04 Å². The molecule has 14 nitrogen and oxygen atoms in total. The summed E-state index contributed by atoms with van der Waals surface area (Å²) in [6.07, 6.45) is -1.36. The maximum absolute atomic E-state index is 13.0. The number of hydrogen-bond acceptors (Lipinski definition) is 8. The van der Waals surface area contributed by atoms with E-state index in [4.69, 9.17) is 11.5 Å². The highest BCUT2D eigenvalue weighted by atomic mass is 32.2. The predicted octanol–water partition coefficient (Wildman–Crippen LogP) is -1.91. The van der Waals surface area contributed by atoms with Crippen LogP contribution in [0.2, 0.25) is 0 Å². The number of aliphatic imine (C=N–C) groups is 1. The molecule has 210 valence electrons. The largest absolute Gasteiger partial charge is 0.370 e. The minimum Gasteiger partial charge on any atom is -0.370 e. The molecular formula is C24H31N7O7S. The normalized spacial score (nSPS) is 16.3. The van der Waals surface area contributed by atoms with Gasteiger partial charge in [0.25, 0.3) is 5.91 Å². The molecule has 0 bridgehead atoms. The first-order chi connectivity index (χ1) is 18.5. The lowest BCUT2D eigenvalue weighted by molar-refractivity contribution is -0.131. The first-order valence-corrected chi connectivity index (χ1v) is 13.4. The van der Waals surface area contributed by atoms with E-state index < -0.39 is 59.2 Å². The molecule has 39 heavy (non-hydrogen) atoms. The van der Waals surface area contributed by atoms with Crippen molar-refractivity contribution in [1.82, 2.24) is 20.3 Å². The third-order valence-electron chi connectivity index (χ3n) is 5.84. The van der Waals surface area contributed by atoms with Crippen LogP contribution in [0, 0.1) is 0 Å². The fraction of sp³-hybridized carbons (Fsp3) is 0.333. The van der Waals surface area contributed by atoms with Crippen LogP contribution in [0.25, 0.3) is 0 Å². The van der Waals surface area contributed by atoms with Crippen LogP contribution in [0.15, 0.2) is 64.5 Å². The average Bonchev–Trinajstić information content (AvgIpc) is 3.41. The van der Waals surface area contributed by atoms with Gasteiger partial charge in [0.05, 0.1) is 23.2 Å².